The van der Waals surface area contributed by atoms with Crippen molar-refractivity contribution in [1.29, 1.82) is 0 Å². The van der Waals surface area contributed by atoms with Gasteiger partial charge in [-0.1, -0.05) is 6.92 Å². The molecule has 3 aromatic rings. The minimum atomic E-state index is -0.386. The van der Waals surface area contributed by atoms with Gasteiger partial charge in [-0.3, -0.25) is 15.1 Å². The molecule has 0 radical (unpaired) electrons. The molecule has 0 N–H and O–H groups in total. The lowest BCUT2D eigenvalue weighted by molar-refractivity contribution is -0.383. The number of imidazole rings is 1. The van der Waals surface area contributed by atoms with Crippen LogP contribution in [0.2, 0.25) is 0 Å². The second-order valence-electron chi connectivity index (χ2n) is 4.35. The molecule has 0 aliphatic carbocycles. The van der Waals surface area contributed by atoms with E-state index in [4.69, 9.17) is 0 Å². The lowest BCUT2D eigenvalue weighted by Crippen LogP contribution is -2.01. The number of aryl methyl sites for hydroxylation is 1. The first kappa shape index (κ1) is 12.3. The summed E-state index contributed by atoms with van der Waals surface area (Å²) in [4.78, 5) is 19.0. The van der Waals surface area contributed by atoms with E-state index in [9.17, 15) is 10.1 Å². The molecule has 100 valence electrons. The summed E-state index contributed by atoms with van der Waals surface area (Å²) in [7, 11) is 0. The van der Waals surface area contributed by atoms with Gasteiger partial charge in [0.1, 0.15) is 5.82 Å². The van der Waals surface area contributed by atoms with Gasteiger partial charge in [-0.2, -0.15) is 0 Å². The molecule has 6 heteroatoms. The summed E-state index contributed by atoms with van der Waals surface area (Å²) in [6.07, 6.45) is 7.54. The molecule has 0 saturated heterocycles. The molecule has 0 saturated carbocycles. The Morgan fingerprint density at radius 3 is 2.85 bits per heavy atom. The minimum Gasteiger partial charge on any atom is -0.303 e. The molecular weight excluding hydrogens is 256 g/mol. The highest BCUT2D eigenvalue weighted by Gasteiger charge is 2.16. The van der Waals surface area contributed by atoms with Crippen LogP contribution < -0.4 is 0 Å². The maximum absolute atomic E-state index is 11.1. The van der Waals surface area contributed by atoms with Gasteiger partial charge in [0.25, 0.3) is 5.69 Å². The van der Waals surface area contributed by atoms with Crippen LogP contribution in [0.1, 0.15) is 12.7 Å². The third-order valence-electron chi connectivity index (χ3n) is 3.26. The van der Waals surface area contributed by atoms with Crippen LogP contribution in [0.5, 0.6) is 0 Å². The van der Waals surface area contributed by atoms with Gasteiger partial charge in [0.15, 0.2) is 0 Å². The largest absolute Gasteiger partial charge is 0.303 e. The Kier molecular flexibility index (Phi) is 2.90. The predicted molar refractivity (Wildman–Crippen MR) is 74.9 cm³/mol. The van der Waals surface area contributed by atoms with E-state index in [0.29, 0.717) is 5.39 Å². The van der Waals surface area contributed by atoms with E-state index < -0.39 is 0 Å². The summed E-state index contributed by atoms with van der Waals surface area (Å²) in [5.41, 5.74) is 0.942. The van der Waals surface area contributed by atoms with Gasteiger partial charge >= 0.3 is 0 Å². The van der Waals surface area contributed by atoms with Crippen molar-refractivity contribution in [3.8, 4) is 5.69 Å². The number of hydrogen-bond donors (Lipinski definition) is 0. The molecule has 3 rings (SSSR count). The quantitative estimate of drug-likeness (QED) is 0.540. The van der Waals surface area contributed by atoms with E-state index in [1.807, 2.05) is 17.7 Å². The van der Waals surface area contributed by atoms with Crippen LogP contribution in [-0.4, -0.2) is 19.5 Å². The highest BCUT2D eigenvalue weighted by atomic mass is 16.6. The standard InChI is InChI=1S/C14H12N4O2/c1-2-14-16-7-8-17(14)12-3-4-13(18(19)20)11-9-15-6-5-10(11)12/h3-9H,2H2,1H3. The molecule has 0 amide bonds. The number of pyridine rings is 1. The van der Waals surface area contributed by atoms with E-state index in [-0.39, 0.29) is 10.6 Å². The van der Waals surface area contributed by atoms with Crippen LogP contribution in [0.15, 0.2) is 43.0 Å². The Bertz CT molecular complexity index is 795. The first-order valence-corrected chi connectivity index (χ1v) is 6.26. The third kappa shape index (κ3) is 1.82. The number of fused-ring (bicyclic) bond motifs is 1. The minimum absolute atomic E-state index is 0.0648. The van der Waals surface area contributed by atoms with Crippen LogP contribution in [0.25, 0.3) is 16.5 Å². The van der Waals surface area contributed by atoms with Crippen molar-refractivity contribution in [1.82, 2.24) is 14.5 Å². The topological polar surface area (TPSA) is 73.8 Å². The summed E-state index contributed by atoms with van der Waals surface area (Å²) < 4.78 is 1.95. The summed E-state index contributed by atoms with van der Waals surface area (Å²) in [6, 6.07) is 5.05. The normalized spacial score (nSPS) is 10.8. The second-order valence-corrected chi connectivity index (χ2v) is 4.35. The SMILES string of the molecule is CCc1nccn1-c1ccc([N+](=O)[O-])c2cnccc12. The Morgan fingerprint density at radius 1 is 1.25 bits per heavy atom. The number of nitro benzene ring substituents is 1. The lowest BCUT2D eigenvalue weighted by atomic mass is 10.1. The van der Waals surface area contributed by atoms with Gasteiger partial charge in [-0.05, 0) is 12.1 Å². The van der Waals surface area contributed by atoms with Crippen molar-refractivity contribution < 1.29 is 4.92 Å². The molecule has 0 fully saturated rings. The molecule has 0 aliphatic rings. The molecule has 6 nitrogen and oxygen atoms in total. The molecule has 2 heterocycles. The van der Waals surface area contributed by atoms with Crippen molar-refractivity contribution >= 4 is 16.5 Å². The fourth-order valence-electron chi connectivity index (χ4n) is 2.34. The van der Waals surface area contributed by atoms with Crippen molar-refractivity contribution in [2.75, 3.05) is 0 Å². The van der Waals surface area contributed by atoms with E-state index in [0.717, 1.165) is 23.3 Å². The highest BCUT2D eigenvalue weighted by Crippen LogP contribution is 2.30. The van der Waals surface area contributed by atoms with Crippen LogP contribution in [-0.2, 0) is 6.42 Å². The summed E-state index contributed by atoms with van der Waals surface area (Å²) in [5.74, 6) is 0.914. The number of rotatable bonds is 3. The van der Waals surface area contributed by atoms with E-state index in [1.165, 1.54) is 12.3 Å². The van der Waals surface area contributed by atoms with Gasteiger partial charge in [0.2, 0.25) is 0 Å². The average molecular weight is 268 g/mol. The molecule has 20 heavy (non-hydrogen) atoms. The Morgan fingerprint density at radius 2 is 2.10 bits per heavy atom. The molecule has 2 aromatic heterocycles. The average Bonchev–Trinajstić information content (AvgIpc) is 2.94. The van der Waals surface area contributed by atoms with Crippen molar-refractivity contribution in [3.63, 3.8) is 0 Å². The number of nitrogens with zero attached hydrogens (tertiary/aromatic N) is 4. The molecule has 0 unspecified atom stereocenters. The monoisotopic (exact) mass is 268 g/mol. The highest BCUT2D eigenvalue weighted by molar-refractivity contribution is 5.96. The van der Waals surface area contributed by atoms with Crippen LogP contribution in [0, 0.1) is 10.1 Å². The lowest BCUT2D eigenvalue weighted by Gasteiger charge is -2.10. The fourth-order valence-corrected chi connectivity index (χ4v) is 2.34. The van der Waals surface area contributed by atoms with Crippen molar-refractivity contribution in [2.24, 2.45) is 0 Å². The first-order valence-electron chi connectivity index (χ1n) is 6.26. The number of aromatic nitrogens is 3. The van der Waals surface area contributed by atoms with Gasteiger partial charge in [-0.25, -0.2) is 4.98 Å². The van der Waals surface area contributed by atoms with Gasteiger partial charge in [0, 0.05) is 42.7 Å². The molecule has 0 atom stereocenters. The maximum atomic E-state index is 11.1. The van der Waals surface area contributed by atoms with E-state index >= 15 is 0 Å². The predicted octanol–water partition coefficient (Wildman–Crippen LogP) is 2.89. The Labute approximate surface area is 114 Å². The molecular formula is C14H12N4O2. The number of non-ortho nitro benzene ring substituents is 1. The smallest absolute Gasteiger partial charge is 0.278 e. The van der Waals surface area contributed by atoms with E-state index in [2.05, 4.69) is 9.97 Å². The van der Waals surface area contributed by atoms with Crippen molar-refractivity contribution in [3.05, 3.63) is 58.9 Å². The number of hydrogen-bond acceptors (Lipinski definition) is 4. The summed E-state index contributed by atoms with van der Waals surface area (Å²) in [6.45, 7) is 2.02. The fraction of sp³-hybridized carbons (Fsp3) is 0.143. The first-order chi connectivity index (χ1) is 9.72. The summed E-state index contributed by atoms with van der Waals surface area (Å²) in [5, 5.41) is 12.4. The van der Waals surface area contributed by atoms with Crippen LogP contribution in [0.3, 0.4) is 0 Å². The zero-order chi connectivity index (χ0) is 14.1. The zero-order valence-corrected chi connectivity index (χ0v) is 10.9. The van der Waals surface area contributed by atoms with Gasteiger partial charge in [0.05, 0.1) is 16.0 Å². The second kappa shape index (κ2) is 4.73. The van der Waals surface area contributed by atoms with Gasteiger partial charge < -0.3 is 4.57 Å². The Hall–Kier alpha value is -2.76. The maximum Gasteiger partial charge on any atom is 0.278 e. The molecule has 0 aliphatic heterocycles. The Balaban J connectivity index is 2.34. The molecule has 0 bridgehead atoms. The van der Waals surface area contributed by atoms with Gasteiger partial charge in [-0.15, -0.1) is 0 Å². The number of benzene rings is 1. The third-order valence-corrected chi connectivity index (χ3v) is 3.26. The summed E-state index contributed by atoms with van der Waals surface area (Å²) >= 11 is 0. The molecule has 1 aromatic carbocycles. The van der Waals surface area contributed by atoms with Crippen molar-refractivity contribution in [2.45, 2.75) is 13.3 Å². The molecule has 0 spiro atoms. The van der Waals surface area contributed by atoms with Crippen LogP contribution in [0.4, 0.5) is 5.69 Å². The van der Waals surface area contributed by atoms with Crippen LogP contribution >= 0.6 is 0 Å². The van der Waals surface area contributed by atoms with E-state index in [1.54, 1.807) is 24.5 Å². The number of nitro groups is 1. The zero-order valence-electron chi connectivity index (χ0n) is 10.9.